The molecule has 0 aliphatic rings. The topological polar surface area (TPSA) is 67.5 Å². The lowest BCUT2D eigenvalue weighted by molar-refractivity contribution is 0.0695. The fourth-order valence-corrected chi connectivity index (χ4v) is 1.37. The maximum absolute atomic E-state index is 10.8. The molecular weight excluding hydrogens is 182 g/mol. The van der Waals surface area contributed by atoms with Gasteiger partial charge in [0, 0.05) is 12.3 Å². The van der Waals surface area contributed by atoms with E-state index in [4.69, 9.17) is 5.11 Å². The van der Waals surface area contributed by atoms with Crippen molar-refractivity contribution < 1.29 is 9.90 Å². The van der Waals surface area contributed by atoms with Gasteiger partial charge in [0.25, 0.3) is 0 Å². The van der Waals surface area contributed by atoms with E-state index in [1.165, 1.54) is 6.20 Å². The predicted octanol–water partition coefficient (Wildman–Crippen LogP) is 1.04. The Morgan fingerprint density at radius 3 is 2.86 bits per heavy atom. The number of hydrogen-bond acceptors (Lipinski definition) is 3. The van der Waals surface area contributed by atoms with Crippen LogP contribution in [-0.4, -0.2) is 25.7 Å². The molecule has 2 aromatic heterocycles. The highest BCUT2D eigenvalue weighted by atomic mass is 16.4. The van der Waals surface area contributed by atoms with Gasteiger partial charge in [-0.1, -0.05) is 0 Å². The van der Waals surface area contributed by atoms with Crippen LogP contribution in [0.4, 0.5) is 0 Å². The average Bonchev–Trinajstić information content (AvgIpc) is 2.46. The Labute approximate surface area is 80.0 Å². The Morgan fingerprint density at radius 1 is 1.50 bits per heavy atom. The molecule has 1 N–H and O–H groups in total. The molecule has 72 valence electrons. The second-order valence-corrected chi connectivity index (χ2v) is 3.12. The van der Waals surface area contributed by atoms with Crippen LogP contribution in [0.15, 0.2) is 12.3 Å². The largest absolute Gasteiger partial charge is 0.478 e. The van der Waals surface area contributed by atoms with Crippen molar-refractivity contribution in [3.63, 3.8) is 0 Å². The number of fused-ring (bicyclic) bond motifs is 1. The lowest BCUT2D eigenvalue weighted by Crippen LogP contribution is -2.06. The first-order valence-corrected chi connectivity index (χ1v) is 4.15. The molecule has 5 nitrogen and oxygen atoms in total. The van der Waals surface area contributed by atoms with Crippen LogP contribution >= 0.6 is 0 Å². The maximum Gasteiger partial charge on any atom is 0.339 e. The Hall–Kier alpha value is -1.91. The first-order valence-electron chi connectivity index (χ1n) is 4.15. The molecule has 0 saturated heterocycles. The molecule has 2 heterocycles. The summed E-state index contributed by atoms with van der Waals surface area (Å²) >= 11 is 0. The van der Waals surface area contributed by atoms with Crippen LogP contribution in [-0.2, 0) is 0 Å². The quantitative estimate of drug-likeness (QED) is 0.731. The van der Waals surface area contributed by atoms with E-state index in [1.54, 1.807) is 17.5 Å². The highest BCUT2D eigenvalue weighted by Crippen LogP contribution is 2.10. The number of nitrogens with zero attached hydrogens (tertiary/aromatic N) is 3. The minimum absolute atomic E-state index is 0.181. The van der Waals surface area contributed by atoms with Crippen LogP contribution in [0.5, 0.6) is 0 Å². The molecule has 0 amide bonds. The molecule has 5 heteroatoms. The van der Waals surface area contributed by atoms with Crippen molar-refractivity contribution in [1.29, 1.82) is 0 Å². The summed E-state index contributed by atoms with van der Waals surface area (Å²) in [6.07, 6.45) is 1.36. The van der Waals surface area contributed by atoms with Crippen LogP contribution in [0.1, 0.15) is 21.7 Å². The SMILES string of the molecule is Cc1cc2ncc(C(=O)O)c(C)n2n1. The minimum atomic E-state index is -0.981. The normalized spacial score (nSPS) is 10.7. The molecule has 0 spiro atoms. The van der Waals surface area contributed by atoms with E-state index in [2.05, 4.69) is 10.1 Å². The standard InChI is InChI=1S/C9H9N3O2/c1-5-3-8-10-4-7(9(13)14)6(2)12(8)11-5/h3-4H,1-2H3,(H,13,14). The first-order chi connectivity index (χ1) is 6.59. The van der Waals surface area contributed by atoms with Crippen LogP contribution in [0, 0.1) is 13.8 Å². The van der Waals surface area contributed by atoms with Gasteiger partial charge in [-0.25, -0.2) is 14.3 Å². The number of carboxylic acid groups (broad SMARTS) is 1. The van der Waals surface area contributed by atoms with Gasteiger partial charge in [0.15, 0.2) is 5.65 Å². The van der Waals surface area contributed by atoms with Gasteiger partial charge in [0.1, 0.15) is 0 Å². The number of aromatic carboxylic acids is 1. The fraction of sp³-hybridized carbons (Fsp3) is 0.222. The number of aromatic nitrogens is 3. The summed E-state index contributed by atoms with van der Waals surface area (Å²) in [6, 6.07) is 1.80. The zero-order valence-electron chi connectivity index (χ0n) is 7.85. The number of carbonyl (C=O) groups is 1. The Kier molecular flexibility index (Phi) is 1.73. The molecule has 0 aliphatic heterocycles. The van der Waals surface area contributed by atoms with Gasteiger partial charge >= 0.3 is 5.97 Å². The summed E-state index contributed by atoms with van der Waals surface area (Å²) in [4.78, 5) is 14.8. The van der Waals surface area contributed by atoms with Crippen molar-refractivity contribution in [2.45, 2.75) is 13.8 Å². The van der Waals surface area contributed by atoms with Crippen molar-refractivity contribution in [3.05, 3.63) is 29.2 Å². The third-order valence-corrected chi connectivity index (χ3v) is 2.08. The Bertz CT molecular complexity index is 516. The van der Waals surface area contributed by atoms with Crippen molar-refractivity contribution >= 4 is 11.6 Å². The third kappa shape index (κ3) is 1.14. The smallest absolute Gasteiger partial charge is 0.339 e. The van der Waals surface area contributed by atoms with E-state index in [-0.39, 0.29) is 5.56 Å². The predicted molar refractivity (Wildman–Crippen MR) is 49.4 cm³/mol. The molecule has 0 fully saturated rings. The molecule has 0 radical (unpaired) electrons. The van der Waals surface area contributed by atoms with Crippen LogP contribution in [0.25, 0.3) is 5.65 Å². The highest BCUT2D eigenvalue weighted by molar-refractivity contribution is 5.88. The number of rotatable bonds is 1. The van der Waals surface area contributed by atoms with E-state index in [1.807, 2.05) is 6.92 Å². The lowest BCUT2D eigenvalue weighted by atomic mass is 10.2. The number of carboxylic acids is 1. The van der Waals surface area contributed by atoms with Gasteiger partial charge in [-0.2, -0.15) is 5.10 Å². The summed E-state index contributed by atoms with van der Waals surface area (Å²) in [5.41, 5.74) is 2.27. The molecule has 0 unspecified atom stereocenters. The van der Waals surface area contributed by atoms with E-state index >= 15 is 0 Å². The fourth-order valence-electron chi connectivity index (χ4n) is 1.37. The zero-order valence-corrected chi connectivity index (χ0v) is 7.85. The number of hydrogen-bond donors (Lipinski definition) is 1. The summed E-state index contributed by atoms with van der Waals surface area (Å²) in [5, 5.41) is 13.0. The molecule has 0 aromatic carbocycles. The van der Waals surface area contributed by atoms with Gasteiger partial charge in [-0.15, -0.1) is 0 Å². The molecule has 14 heavy (non-hydrogen) atoms. The lowest BCUT2D eigenvalue weighted by Gasteiger charge is -2.01. The molecule has 2 aromatic rings. The first kappa shape index (κ1) is 8.68. The van der Waals surface area contributed by atoms with Crippen molar-refractivity contribution in [1.82, 2.24) is 14.6 Å². The molecule has 0 aliphatic carbocycles. The van der Waals surface area contributed by atoms with Crippen molar-refractivity contribution in [2.75, 3.05) is 0 Å². The van der Waals surface area contributed by atoms with Gasteiger partial charge in [-0.3, -0.25) is 0 Å². The van der Waals surface area contributed by atoms with Crippen LogP contribution in [0.3, 0.4) is 0 Å². The van der Waals surface area contributed by atoms with Gasteiger partial charge in [-0.05, 0) is 13.8 Å². The Morgan fingerprint density at radius 2 is 2.21 bits per heavy atom. The third-order valence-electron chi connectivity index (χ3n) is 2.08. The molecule has 0 saturated carbocycles. The summed E-state index contributed by atoms with van der Waals surface area (Å²) in [5.74, 6) is -0.981. The molecule has 2 rings (SSSR count). The van der Waals surface area contributed by atoms with E-state index < -0.39 is 5.97 Å². The summed E-state index contributed by atoms with van der Waals surface area (Å²) < 4.78 is 1.54. The zero-order chi connectivity index (χ0) is 10.3. The van der Waals surface area contributed by atoms with Crippen molar-refractivity contribution in [2.24, 2.45) is 0 Å². The maximum atomic E-state index is 10.8. The summed E-state index contributed by atoms with van der Waals surface area (Å²) in [6.45, 7) is 3.55. The average molecular weight is 191 g/mol. The van der Waals surface area contributed by atoms with Gasteiger partial charge in [0.05, 0.1) is 17.0 Å². The molecule has 0 bridgehead atoms. The summed E-state index contributed by atoms with van der Waals surface area (Å²) in [7, 11) is 0. The van der Waals surface area contributed by atoms with Crippen LogP contribution < -0.4 is 0 Å². The second kappa shape index (κ2) is 2.80. The van der Waals surface area contributed by atoms with E-state index in [0.29, 0.717) is 11.3 Å². The monoisotopic (exact) mass is 191 g/mol. The highest BCUT2D eigenvalue weighted by Gasteiger charge is 2.11. The number of aryl methyl sites for hydroxylation is 2. The molecular formula is C9H9N3O2. The minimum Gasteiger partial charge on any atom is -0.478 e. The van der Waals surface area contributed by atoms with E-state index in [9.17, 15) is 4.79 Å². The second-order valence-electron chi connectivity index (χ2n) is 3.12. The van der Waals surface area contributed by atoms with Crippen molar-refractivity contribution in [3.8, 4) is 0 Å². The van der Waals surface area contributed by atoms with E-state index in [0.717, 1.165) is 5.69 Å². The molecule has 0 atom stereocenters. The Balaban J connectivity index is 2.80. The van der Waals surface area contributed by atoms with Gasteiger partial charge in [0.2, 0.25) is 0 Å². The van der Waals surface area contributed by atoms with Crippen LogP contribution in [0.2, 0.25) is 0 Å². The van der Waals surface area contributed by atoms with Gasteiger partial charge < -0.3 is 5.11 Å².